The average molecular weight is 521 g/mol. The summed E-state index contributed by atoms with van der Waals surface area (Å²) in [5.74, 6) is 1.20. The molecule has 1 N–H and O–H groups in total. The molecule has 1 saturated heterocycles. The van der Waals surface area contributed by atoms with Crippen LogP contribution in [0, 0.1) is 11.8 Å². The van der Waals surface area contributed by atoms with Crippen molar-refractivity contribution in [2.45, 2.75) is 64.6 Å². The SMILES string of the molecule is COc1cc(C(=O)N2[C@@H](c3nccs3)[C@H](CSC)C[C@]2(CC(C)C)OC(=O)O)ccc1C(C)(C)C. The average Bonchev–Trinajstić information content (AvgIpc) is 3.37. The Hall–Kier alpha value is -2.26. The van der Waals surface area contributed by atoms with Crippen LogP contribution in [0.15, 0.2) is 29.8 Å². The van der Waals surface area contributed by atoms with Gasteiger partial charge in [0.05, 0.1) is 13.2 Å². The molecule has 0 saturated carbocycles. The molecule has 1 aromatic heterocycles. The van der Waals surface area contributed by atoms with Crippen LogP contribution >= 0.6 is 23.1 Å². The number of carbonyl (C=O) groups excluding carboxylic acids is 1. The van der Waals surface area contributed by atoms with E-state index in [-0.39, 0.29) is 29.2 Å². The molecule has 2 aromatic rings. The number of thioether (sulfide) groups is 1. The molecule has 1 aromatic carbocycles. The molecule has 1 aliphatic rings. The Morgan fingerprint density at radius 3 is 2.57 bits per heavy atom. The third-order valence-electron chi connectivity index (χ3n) is 6.31. The lowest BCUT2D eigenvalue weighted by molar-refractivity contribution is -0.108. The molecule has 1 fully saturated rings. The summed E-state index contributed by atoms with van der Waals surface area (Å²) in [6.45, 7) is 10.3. The number of carbonyl (C=O) groups is 2. The third-order valence-corrected chi connectivity index (χ3v) is 7.92. The van der Waals surface area contributed by atoms with Crippen LogP contribution in [0.4, 0.5) is 4.79 Å². The minimum Gasteiger partial charge on any atom is -0.496 e. The molecule has 192 valence electrons. The Bertz CT molecular complexity index is 1030. The molecule has 1 amide bonds. The Balaban J connectivity index is 2.19. The fourth-order valence-electron chi connectivity index (χ4n) is 5.15. The predicted molar refractivity (Wildman–Crippen MR) is 141 cm³/mol. The van der Waals surface area contributed by atoms with E-state index in [1.54, 1.807) is 42.1 Å². The lowest BCUT2D eigenvalue weighted by Gasteiger charge is -2.40. The summed E-state index contributed by atoms with van der Waals surface area (Å²) in [5.41, 5.74) is -0.0291. The molecular formula is C26H36N2O5S2. The van der Waals surface area contributed by atoms with Gasteiger partial charge in [-0.1, -0.05) is 40.7 Å². The third kappa shape index (κ3) is 5.77. The number of ether oxygens (including phenoxy) is 2. The first-order chi connectivity index (χ1) is 16.4. The van der Waals surface area contributed by atoms with E-state index in [4.69, 9.17) is 9.47 Å². The normalized spacial score (nSPS) is 22.5. The van der Waals surface area contributed by atoms with Gasteiger partial charge in [0.2, 0.25) is 0 Å². The molecule has 0 unspecified atom stereocenters. The highest BCUT2D eigenvalue weighted by Gasteiger charge is 2.58. The van der Waals surface area contributed by atoms with Crippen LogP contribution in [0.3, 0.4) is 0 Å². The van der Waals surface area contributed by atoms with Crippen LogP contribution < -0.4 is 4.74 Å². The molecular weight excluding hydrogens is 484 g/mol. The lowest BCUT2D eigenvalue weighted by atomic mass is 9.85. The fourth-order valence-corrected chi connectivity index (χ4v) is 6.70. The number of rotatable bonds is 8. The molecule has 3 atom stereocenters. The van der Waals surface area contributed by atoms with Crippen molar-refractivity contribution in [3.05, 3.63) is 45.9 Å². The highest BCUT2D eigenvalue weighted by molar-refractivity contribution is 7.98. The quantitative estimate of drug-likeness (QED) is 0.400. The van der Waals surface area contributed by atoms with Gasteiger partial charge < -0.3 is 14.6 Å². The number of benzene rings is 1. The van der Waals surface area contributed by atoms with Crippen molar-refractivity contribution < 1.29 is 24.2 Å². The van der Waals surface area contributed by atoms with Crippen LogP contribution in [0.5, 0.6) is 5.75 Å². The maximum absolute atomic E-state index is 14.3. The summed E-state index contributed by atoms with van der Waals surface area (Å²) in [6, 6.07) is 5.08. The van der Waals surface area contributed by atoms with Crippen molar-refractivity contribution in [1.82, 2.24) is 9.88 Å². The van der Waals surface area contributed by atoms with Crippen molar-refractivity contribution >= 4 is 35.2 Å². The Morgan fingerprint density at radius 1 is 1.34 bits per heavy atom. The molecule has 7 nitrogen and oxygen atoms in total. The van der Waals surface area contributed by atoms with Crippen molar-refractivity contribution in [2.75, 3.05) is 19.1 Å². The van der Waals surface area contributed by atoms with Gasteiger partial charge in [-0.05, 0) is 41.0 Å². The van der Waals surface area contributed by atoms with Gasteiger partial charge >= 0.3 is 6.16 Å². The number of methoxy groups -OCH3 is 1. The minimum absolute atomic E-state index is 0.00561. The summed E-state index contributed by atoms with van der Waals surface area (Å²) in [4.78, 5) is 32.4. The predicted octanol–water partition coefficient (Wildman–Crippen LogP) is 6.45. The first-order valence-electron chi connectivity index (χ1n) is 11.8. The van der Waals surface area contributed by atoms with E-state index in [1.807, 2.05) is 31.5 Å². The van der Waals surface area contributed by atoms with E-state index in [2.05, 4.69) is 25.8 Å². The second-order valence-electron chi connectivity index (χ2n) is 10.5. The first kappa shape index (κ1) is 27.3. The van der Waals surface area contributed by atoms with Crippen molar-refractivity contribution in [2.24, 2.45) is 11.8 Å². The van der Waals surface area contributed by atoms with E-state index in [0.717, 1.165) is 16.3 Å². The largest absolute Gasteiger partial charge is 0.507 e. The number of hydrogen-bond donors (Lipinski definition) is 1. The van der Waals surface area contributed by atoms with E-state index in [9.17, 15) is 14.7 Å². The van der Waals surface area contributed by atoms with E-state index in [0.29, 0.717) is 24.2 Å². The molecule has 0 spiro atoms. The van der Waals surface area contributed by atoms with Gasteiger partial charge in [0.15, 0.2) is 5.72 Å². The second kappa shape index (κ2) is 10.8. The van der Waals surface area contributed by atoms with Gasteiger partial charge in [0.1, 0.15) is 10.8 Å². The number of aromatic nitrogens is 1. The van der Waals surface area contributed by atoms with E-state index < -0.39 is 11.9 Å². The Morgan fingerprint density at radius 2 is 2.06 bits per heavy atom. The highest BCUT2D eigenvalue weighted by atomic mass is 32.2. The molecule has 35 heavy (non-hydrogen) atoms. The van der Waals surface area contributed by atoms with Crippen LogP contribution in [-0.4, -0.2) is 51.9 Å². The van der Waals surface area contributed by atoms with Crippen LogP contribution in [0.2, 0.25) is 0 Å². The molecule has 1 aliphatic heterocycles. The molecule has 9 heteroatoms. The van der Waals surface area contributed by atoms with E-state index in [1.165, 1.54) is 11.3 Å². The number of amides is 1. The molecule has 2 heterocycles. The van der Waals surface area contributed by atoms with Gasteiger partial charge in [-0.3, -0.25) is 9.69 Å². The molecule has 0 bridgehead atoms. The van der Waals surface area contributed by atoms with Gasteiger partial charge in [0.25, 0.3) is 5.91 Å². The summed E-state index contributed by atoms with van der Waals surface area (Å²) in [6.07, 6.45) is 3.18. The van der Waals surface area contributed by atoms with Crippen molar-refractivity contribution in [1.29, 1.82) is 0 Å². The molecule has 0 radical (unpaired) electrons. The number of hydrogen-bond acceptors (Lipinski definition) is 7. The van der Waals surface area contributed by atoms with Crippen molar-refractivity contribution in [3.63, 3.8) is 0 Å². The topological polar surface area (TPSA) is 89.0 Å². The Labute approximate surface area is 216 Å². The number of likely N-dealkylation sites (tertiary alicyclic amines) is 1. The van der Waals surface area contributed by atoms with E-state index >= 15 is 0 Å². The smallest absolute Gasteiger partial charge is 0.496 e. The summed E-state index contributed by atoms with van der Waals surface area (Å²) < 4.78 is 11.3. The maximum Gasteiger partial charge on any atom is 0.507 e. The van der Waals surface area contributed by atoms with Crippen LogP contribution in [0.1, 0.15) is 74.4 Å². The number of carboxylic acid groups (broad SMARTS) is 1. The highest BCUT2D eigenvalue weighted by Crippen LogP contribution is 2.52. The van der Waals surface area contributed by atoms with Gasteiger partial charge in [-0.2, -0.15) is 11.8 Å². The van der Waals surface area contributed by atoms with Gasteiger partial charge in [0, 0.05) is 35.9 Å². The first-order valence-corrected chi connectivity index (χ1v) is 14.0. The lowest BCUT2D eigenvalue weighted by Crippen LogP contribution is -2.52. The van der Waals surface area contributed by atoms with Gasteiger partial charge in [-0.15, -0.1) is 11.3 Å². The van der Waals surface area contributed by atoms with Crippen molar-refractivity contribution in [3.8, 4) is 5.75 Å². The second-order valence-corrected chi connectivity index (χ2v) is 12.3. The fraction of sp³-hybridized carbons (Fsp3) is 0.577. The molecule has 3 rings (SSSR count). The Kier molecular flexibility index (Phi) is 8.42. The zero-order valence-corrected chi connectivity index (χ0v) is 23.2. The summed E-state index contributed by atoms with van der Waals surface area (Å²) in [7, 11) is 1.60. The van der Waals surface area contributed by atoms with Crippen LogP contribution in [-0.2, 0) is 10.2 Å². The maximum atomic E-state index is 14.3. The number of thiazole rings is 1. The van der Waals surface area contributed by atoms with Crippen LogP contribution in [0.25, 0.3) is 0 Å². The zero-order chi connectivity index (χ0) is 26.0. The molecule has 0 aliphatic carbocycles. The number of nitrogens with zero attached hydrogens (tertiary/aromatic N) is 2. The standard InChI is InChI=1S/C26H36N2O5S2/c1-16(2)13-26(33-24(30)31)14-18(15-34-7)21(22-27-10-11-35-22)28(26)23(29)17-8-9-19(25(3,4)5)20(12-17)32-6/h8-12,16,18,21H,13-15H2,1-7H3,(H,30,31)/t18-,21+,26-/m0/s1. The van der Waals surface area contributed by atoms with Gasteiger partial charge in [-0.25, -0.2) is 9.78 Å². The minimum atomic E-state index is -1.38. The zero-order valence-electron chi connectivity index (χ0n) is 21.5. The monoisotopic (exact) mass is 520 g/mol. The summed E-state index contributed by atoms with van der Waals surface area (Å²) >= 11 is 3.15. The summed E-state index contributed by atoms with van der Waals surface area (Å²) in [5, 5.41) is 12.4.